The number of benzene rings is 2. The third-order valence-corrected chi connectivity index (χ3v) is 3.10. The Labute approximate surface area is 116 Å². The molecule has 0 aliphatic heterocycles. The Morgan fingerprint density at radius 1 is 1.00 bits per heavy atom. The smallest absolute Gasteiger partial charge is 0.133 e. The Morgan fingerprint density at radius 3 is 2.30 bits per heavy atom. The second kappa shape index (κ2) is 5.59. The molecule has 2 aromatic carbocycles. The zero-order valence-electron chi connectivity index (χ0n) is 11.6. The minimum Gasteiger partial charge on any atom is -0.457 e. The van der Waals surface area contributed by atoms with Crippen molar-refractivity contribution in [3.63, 3.8) is 0 Å². The molecule has 106 valence electrons. The van der Waals surface area contributed by atoms with E-state index in [1.54, 1.807) is 13.8 Å². The van der Waals surface area contributed by atoms with Gasteiger partial charge in [-0.3, -0.25) is 0 Å². The molecule has 0 fully saturated rings. The number of hydrogen-bond donors (Lipinski definition) is 1. The molecule has 4 heteroatoms. The van der Waals surface area contributed by atoms with Crippen LogP contribution >= 0.6 is 0 Å². The van der Waals surface area contributed by atoms with Crippen LogP contribution in [0.2, 0.25) is 0 Å². The molecule has 0 aliphatic carbocycles. The highest BCUT2D eigenvalue weighted by Crippen LogP contribution is 2.33. The van der Waals surface area contributed by atoms with Crippen LogP contribution in [0.4, 0.5) is 8.78 Å². The first kappa shape index (κ1) is 14.5. The lowest BCUT2D eigenvalue weighted by atomic mass is 10.1. The fourth-order valence-electron chi connectivity index (χ4n) is 1.93. The minimum atomic E-state index is -0.860. The van der Waals surface area contributed by atoms with Crippen LogP contribution < -0.4 is 4.74 Å². The van der Waals surface area contributed by atoms with Crippen molar-refractivity contribution in [2.24, 2.45) is 0 Å². The van der Waals surface area contributed by atoms with E-state index >= 15 is 0 Å². The van der Waals surface area contributed by atoms with E-state index in [-0.39, 0.29) is 5.82 Å². The highest BCUT2D eigenvalue weighted by atomic mass is 19.1. The summed E-state index contributed by atoms with van der Waals surface area (Å²) >= 11 is 0. The number of hydrogen-bond acceptors (Lipinski definition) is 2. The van der Waals surface area contributed by atoms with Gasteiger partial charge in [-0.25, -0.2) is 8.78 Å². The largest absolute Gasteiger partial charge is 0.457 e. The highest BCUT2D eigenvalue weighted by Gasteiger charge is 2.14. The quantitative estimate of drug-likeness (QED) is 0.900. The van der Waals surface area contributed by atoms with E-state index in [2.05, 4.69) is 0 Å². The standard InChI is InChI=1S/C16H16F2O2/c1-9-7-16(13(11(3)19)8-14(9)18)20-15-5-4-12(17)6-10(15)2/h4-8,11,19H,1-3H3/t11-/m1/s1. The maximum Gasteiger partial charge on any atom is 0.133 e. The summed E-state index contributed by atoms with van der Waals surface area (Å²) in [7, 11) is 0. The molecule has 1 N–H and O–H groups in total. The molecule has 2 aromatic rings. The van der Waals surface area contributed by atoms with Gasteiger partial charge in [-0.1, -0.05) is 0 Å². The van der Waals surface area contributed by atoms with E-state index in [1.165, 1.54) is 37.3 Å². The van der Waals surface area contributed by atoms with Crippen LogP contribution in [0.1, 0.15) is 29.7 Å². The lowest BCUT2D eigenvalue weighted by Gasteiger charge is -2.16. The summed E-state index contributed by atoms with van der Waals surface area (Å²) in [5.74, 6) is 0.0953. The first-order chi connectivity index (χ1) is 9.38. The fraction of sp³-hybridized carbons (Fsp3) is 0.250. The van der Waals surface area contributed by atoms with Gasteiger partial charge in [0.15, 0.2) is 0 Å². The molecule has 1 atom stereocenters. The molecule has 0 saturated carbocycles. The van der Waals surface area contributed by atoms with Crippen LogP contribution in [0.3, 0.4) is 0 Å². The van der Waals surface area contributed by atoms with Gasteiger partial charge in [0.05, 0.1) is 6.10 Å². The van der Waals surface area contributed by atoms with Gasteiger partial charge in [0.1, 0.15) is 23.1 Å². The number of rotatable bonds is 3. The van der Waals surface area contributed by atoms with Gasteiger partial charge in [0, 0.05) is 5.56 Å². The molecule has 0 saturated heterocycles. The predicted molar refractivity (Wildman–Crippen MR) is 73.0 cm³/mol. The van der Waals surface area contributed by atoms with Crippen LogP contribution in [-0.4, -0.2) is 5.11 Å². The number of aryl methyl sites for hydroxylation is 2. The molecule has 2 nitrogen and oxygen atoms in total. The maximum atomic E-state index is 13.6. The second-order valence-corrected chi connectivity index (χ2v) is 4.83. The van der Waals surface area contributed by atoms with Gasteiger partial charge in [0.2, 0.25) is 0 Å². The van der Waals surface area contributed by atoms with Crippen LogP contribution in [0, 0.1) is 25.5 Å². The molecule has 2 rings (SSSR count). The van der Waals surface area contributed by atoms with Crippen molar-refractivity contribution in [3.8, 4) is 11.5 Å². The van der Waals surface area contributed by atoms with Gasteiger partial charge in [-0.2, -0.15) is 0 Å². The Morgan fingerprint density at radius 2 is 1.70 bits per heavy atom. The molecule has 0 amide bonds. The monoisotopic (exact) mass is 278 g/mol. The van der Waals surface area contributed by atoms with E-state index in [0.717, 1.165) is 0 Å². The molecule has 0 radical (unpaired) electrons. The van der Waals surface area contributed by atoms with E-state index in [4.69, 9.17) is 4.74 Å². The summed E-state index contributed by atoms with van der Waals surface area (Å²) in [6.45, 7) is 4.87. The van der Waals surface area contributed by atoms with Gasteiger partial charge < -0.3 is 9.84 Å². The molecule has 20 heavy (non-hydrogen) atoms. The first-order valence-corrected chi connectivity index (χ1v) is 6.30. The summed E-state index contributed by atoms with van der Waals surface area (Å²) in [5, 5.41) is 9.70. The highest BCUT2D eigenvalue weighted by molar-refractivity contribution is 5.44. The van der Waals surface area contributed by atoms with Crippen molar-refractivity contribution in [1.82, 2.24) is 0 Å². The second-order valence-electron chi connectivity index (χ2n) is 4.83. The van der Waals surface area contributed by atoms with Crippen molar-refractivity contribution in [2.45, 2.75) is 26.9 Å². The van der Waals surface area contributed by atoms with E-state index in [0.29, 0.717) is 28.2 Å². The van der Waals surface area contributed by atoms with Crippen molar-refractivity contribution < 1.29 is 18.6 Å². The fourth-order valence-corrected chi connectivity index (χ4v) is 1.93. The third-order valence-electron chi connectivity index (χ3n) is 3.10. The lowest BCUT2D eigenvalue weighted by Crippen LogP contribution is -2.00. The summed E-state index contributed by atoms with van der Waals surface area (Å²) in [5.41, 5.74) is 1.41. The van der Waals surface area contributed by atoms with Crippen molar-refractivity contribution >= 4 is 0 Å². The zero-order valence-corrected chi connectivity index (χ0v) is 11.6. The maximum absolute atomic E-state index is 13.6. The molecule has 0 aromatic heterocycles. The predicted octanol–water partition coefficient (Wildman–Crippen LogP) is 4.43. The molecular formula is C16H16F2O2. The molecular weight excluding hydrogens is 262 g/mol. The zero-order chi connectivity index (χ0) is 14.9. The number of aliphatic hydroxyl groups excluding tert-OH is 1. The van der Waals surface area contributed by atoms with Crippen molar-refractivity contribution in [1.29, 1.82) is 0 Å². The molecule has 0 unspecified atom stereocenters. The van der Waals surface area contributed by atoms with Crippen LogP contribution in [0.5, 0.6) is 11.5 Å². The van der Waals surface area contributed by atoms with Crippen molar-refractivity contribution in [2.75, 3.05) is 0 Å². The van der Waals surface area contributed by atoms with Gasteiger partial charge in [0.25, 0.3) is 0 Å². The van der Waals surface area contributed by atoms with Gasteiger partial charge in [-0.15, -0.1) is 0 Å². The summed E-state index contributed by atoms with van der Waals surface area (Å²) < 4.78 is 32.3. The minimum absolute atomic E-state index is 0.346. The molecule has 0 heterocycles. The molecule has 0 aliphatic rings. The van der Waals surface area contributed by atoms with Crippen LogP contribution in [0.25, 0.3) is 0 Å². The molecule has 0 bridgehead atoms. The Balaban J connectivity index is 2.44. The van der Waals surface area contributed by atoms with E-state index < -0.39 is 11.9 Å². The van der Waals surface area contributed by atoms with Crippen LogP contribution in [-0.2, 0) is 0 Å². The topological polar surface area (TPSA) is 29.5 Å². The van der Waals surface area contributed by atoms with Gasteiger partial charge in [-0.05, 0) is 62.2 Å². The summed E-state index contributed by atoms with van der Waals surface area (Å²) in [6.07, 6.45) is -0.860. The third kappa shape index (κ3) is 2.96. The normalized spacial score (nSPS) is 12.3. The summed E-state index contributed by atoms with van der Waals surface area (Å²) in [6, 6.07) is 6.94. The SMILES string of the molecule is Cc1cc(Oc2ccc(F)cc2C)c([C@@H](C)O)cc1F. The van der Waals surface area contributed by atoms with Gasteiger partial charge >= 0.3 is 0 Å². The average molecular weight is 278 g/mol. The van der Waals surface area contributed by atoms with E-state index in [1.807, 2.05) is 0 Å². The molecule has 0 spiro atoms. The Kier molecular flexibility index (Phi) is 4.04. The number of ether oxygens (including phenoxy) is 1. The van der Waals surface area contributed by atoms with Crippen LogP contribution in [0.15, 0.2) is 30.3 Å². The lowest BCUT2D eigenvalue weighted by molar-refractivity contribution is 0.195. The average Bonchev–Trinajstić information content (AvgIpc) is 2.36. The van der Waals surface area contributed by atoms with Crippen molar-refractivity contribution in [3.05, 3.63) is 58.7 Å². The Hall–Kier alpha value is -1.94. The number of aliphatic hydroxyl groups is 1. The van der Waals surface area contributed by atoms with E-state index in [9.17, 15) is 13.9 Å². The summed E-state index contributed by atoms with van der Waals surface area (Å²) in [4.78, 5) is 0. The number of halogens is 2. The Bertz CT molecular complexity index is 637. The first-order valence-electron chi connectivity index (χ1n) is 6.30.